The zero-order valence-electron chi connectivity index (χ0n) is 18.9. The van der Waals surface area contributed by atoms with Crippen molar-refractivity contribution in [2.24, 2.45) is 5.41 Å². The van der Waals surface area contributed by atoms with Crippen molar-refractivity contribution < 1.29 is 28.0 Å². The number of rotatable bonds is 3. The van der Waals surface area contributed by atoms with Gasteiger partial charge in [0.05, 0.1) is 0 Å². The lowest BCUT2D eigenvalue weighted by Crippen LogP contribution is -2.67. The SMILES string of the molecule is O=C1CCC(N2Cc3cc(C(=O)N4CC5(C4)CC(F)(c4ccccc4F)C5)ccc3C2=O)C(=O)N1. The summed E-state index contributed by atoms with van der Waals surface area (Å²) in [7, 11) is 0. The van der Waals surface area contributed by atoms with Crippen LogP contribution in [0.15, 0.2) is 42.5 Å². The quantitative estimate of drug-likeness (QED) is 0.686. The fraction of sp³-hybridized carbons (Fsp3) is 0.385. The largest absolute Gasteiger partial charge is 0.337 e. The molecule has 2 saturated heterocycles. The maximum absolute atomic E-state index is 15.3. The van der Waals surface area contributed by atoms with Crippen molar-refractivity contribution in [1.82, 2.24) is 15.1 Å². The average molecular weight is 479 g/mol. The number of alkyl halides is 1. The summed E-state index contributed by atoms with van der Waals surface area (Å²) >= 11 is 0. The van der Waals surface area contributed by atoms with E-state index in [-0.39, 0.29) is 60.9 Å². The lowest BCUT2D eigenvalue weighted by molar-refractivity contribution is -0.146. The summed E-state index contributed by atoms with van der Waals surface area (Å²) in [6.45, 7) is 1.01. The van der Waals surface area contributed by atoms with Gasteiger partial charge in [0.15, 0.2) is 0 Å². The third kappa shape index (κ3) is 3.36. The number of imide groups is 1. The van der Waals surface area contributed by atoms with E-state index in [9.17, 15) is 23.6 Å². The van der Waals surface area contributed by atoms with Crippen molar-refractivity contribution >= 4 is 23.6 Å². The number of nitrogens with zero attached hydrogens (tertiary/aromatic N) is 2. The lowest BCUT2D eigenvalue weighted by Gasteiger charge is -2.61. The van der Waals surface area contributed by atoms with Crippen LogP contribution in [0.3, 0.4) is 0 Å². The Labute approximate surface area is 200 Å². The minimum Gasteiger partial charge on any atom is -0.337 e. The van der Waals surface area contributed by atoms with Crippen molar-refractivity contribution in [2.75, 3.05) is 13.1 Å². The van der Waals surface area contributed by atoms with E-state index in [2.05, 4.69) is 5.32 Å². The van der Waals surface area contributed by atoms with E-state index >= 15 is 4.39 Å². The van der Waals surface area contributed by atoms with Crippen LogP contribution >= 0.6 is 0 Å². The number of carbonyl (C=O) groups is 4. The Morgan fingerprint density at radius 3 is 2.51 bits per heavy atom. The molecule has 0 bridgehead atoms. The molecule has 3 heterocycles. The first-order chi connectivity index (χ1) is 16.7. The first-order valence-electron chi connectivity index (χ1n) is 11.7. The molecule has 3 aliphatic heterocycles. The number of piperidine rings is 1. The van der Waals surface area contributed by atoms with Gasteiger partial charge in [-0.05, 0) is 49.1 Å². The van der Waals surface area contributed by atoms with Gasteiger partial charge in [-0.1, -0.05) is 18.2 Å². The van der Waals surface area contributed by atoms with Crippen molar-refractivity contribution in [1.29, 1.82) is 0 Å². The van der Waals surface area contributed by atoms with Gasteiger partial charge in [0.2, 0.25) is 11.8 Å². The predicted molar refractivity (Wildman–Crippen MR) is 119 cm³/mol. The second-order valence-electron chi connectivity index (χ2n) is 10.2. The van der Waals surface area contributed by atoms with E-state index in [1.165, 1.54) is 23.1 Å². The molecule has 0 aromatic heterocycles. The van der Waals surface area contributed by atoms with Gasteiger partial charge in [0.1, 0.15) is 17.5 Å². The first-order valence-corrected chi connectivity index (χ1v) is 11.7. The zero-order valence-corrected chi connectivity index (χ0v) is 18.9. The summed E-state index contributed by atoms with van der Waals surface area (Å²) < 4.78 is 29.3. The molecule has 3 fully saturated rings. The molecule has 2 aromatic rings. The Hall–Kier alpha value is -3.62. The number of hydrogen-bond acceptors (Lipinski definition) is 4. The summed E-state index contributed by atoms with van der Waals surface area (Å²) in [6.07, 6.45) is 0.817. The molecular weight excluding hydrogens is 456 g/mol. The number of carbonyl (C=O) groups excluding carboxylic acids is 4. The van der Waals surface area contributed by atoms with E-state index in [1.54, 1.807) is 29.2 Å². The van der Waals surface area contributed by atoms with E-state index in [1.807, 2.05) is 0 Å². The molecule has 0 radical (unpaired) electrons. The molecule has 4 aliphatic rings. The van der Waals surface area contributed by atoms with Crippen LogP contribution in [0.25, 0.3) is 0 Å². The minimum absolute atomic E-state index is 0.0826. The van der Waals surface area contributed by atoms with Crippen LogP contribution < -0.4 is 5.32 Å². The molecule has 35 heavy (non-hydrogen) atoms. The fourth-order valence-electron chi connectivity index (χ4n) is 6.17. The Bertz CT molecular complexity index is 1300. The number of fused-ring (bicyclic) bond motifs is 1. The van der Waals surface area contributed by atoms with Crippen LogP contribution in [-0.4, -0.2) is 52.6 Å². The Kier molecular flexibility index (Phi) is 4.65. The van der Waals surface area contributed by atoms with Gasteiger partial charge in [-0.25, -0.2) is 8.78 Å². The summed E-state index contributed by atoms with van der Waals surface area (Å²) in [4.78, 5) is 52.6. The molecule has 1 saturated carbocycles. The van der Waals surface area contributed by atoms with Crippen molar-refractivity contribution in [3.05, 3.63) is 70.5 Å². The van der Waals surface area contributed by atoms with Gasteiger partial charge < -0.3 is 9.80 Å². The smallest absolute Gasteiger partial charge is 0.255 e. The van der Waals surface area contributed by atoms with Crippen LogP contribution in [0, 0.1) is 11.2 Å². The van der Waals surface area contributed by atoms with Gasteiger partial charge in [0, 0.05) is 48.2 Å². The highest BCUT2D eigenvalue weighted by atomic mass is 19.1. The maximum Gasteiger partial charge on any atom is 0.255 e. The zero-order chi connectivity index (χ0) is 24.5. The normalized spacial score (nSPS) is 24.1. The van der Waals surface area contributed by atoms with E-state index in [0.717, 1.165) is 0 Å². The first kappa shape index (κ1) is 21.9. The second kappa shape index (κ2) is 7.44. The molecule has 2 aromatic carbocycles. The molecule has 1 atom stereocenters. The van der Waals surface area contributed by atoms with Crippen LogP contribution in [0.2, 0.25) is 0 Å². The van der Waals surface area contributed by atoms with E-state index < -0.39 is 23.4 Å². The Balaban J connectivity index is 1.11. The molecule has 1 aliphatic carbocycles. The molecule has 6 rings (SSSR count). The van der Waals surface area contributed by atoms with Gasteiger partial charge in [-0.15, -0.1) is 0 Å². The highest BCUT2D eigenvalue weighted by Gasteiger charge is 2.62. The predicted octanol–water partition coefficient (Wildman–Crippen LogP) is 2.69. The summed E-state index contributed by atoms with van der Waals surface area (Å²) in [6, 6.07) is 10.1. The van der Waals surface area contributed by atoms with E-state index in [0.29, 0.717) is 29.8 Å². The number of hydrogen-bond donors (Lipinski definition) is 1. The number of benzene rings is 2. The number of likely N-dealkylation sites (tertiary alicyclic amines) is 1. The molecule has 1 spiro atoms. The number of nitrogens with one attached hydrogen (secondary N) is 1. The topological polar surface area (TPSA) is 86.8 Å². The average Bonchev–Trinajstić information content (AvgIpc) is 3.10. The molecule has 9 heteroatoms. The third-order valence-corrected chi connectivity index (χ3v) is 7.78. The van der Waals surface area contributed by atoms with Gasteiger partial charge in [-0.2, -0.15) is 0 Å². The van der Waals surface area contributed by atoms with Gasteiger partial charge in [-0.3, -0.25) is 24.5 Å². The monoisotopic (exact) mass is 479 g/mol. The fourth-order valence-corrected chi connectivity index (χ4v) is 6.17. The lowest BCUT2D eigenvalue weighted by atomic mass is 9.54. The highest BCUT2D eigenvalue weighted by Crippen LogP contribution is 2.61. The molecular formula is C26H23F2N3O4. The van der Waals surface area contributed by atoms with Crippen molar-refractivity contribution in [3.63, 3.8) is 0 Å². The highest BCUT2D eigenvalue weighted by molar-refractivity contribution is 6.06. The van der Waals surface area contributed by atoms with Crippen LogP contribution in [0.4, 0.5) is 8.78 Å². The van der Waals surface area contributed by atoms with Crippen molar-refractivity contribution in [2.45, 2.75) is 43.9 Å². The molecule has 4 amide bonds. The molecule has 1 N–H and O–H groups in total. The van der Waals surface area contributed by atoms with Crippen molar-refractivity contribution in [3.8, 4) is 0 Å². The molecule has 1 unspecified atom stereocenters. The standard InChI is InChI=1S/C26H23F2N3O4/c27-19-4-2-1-3-18(19)26(28)11-25(12-26)13-30(14-25)23(34)15-5-6-17-16(9-15)10-31(24(17)35)20-7-8-21(32)29-22(20)33/h1-6,9,20H,7-8,10-14H2,(H,29,32,33). The van der Waals surface area contributed by atoms with E-state index in [4.69, 9.17) is 0 Å². The van der Waals surface area contributed by atoms with Crippen LogP contribution in [0.5, 0.6) is 0 Å². The number of amides is 4. The summed E-state index contributed by atoms with van der Waals surface area (Å²) in [5.74, 6) is -1.87. The molecule has 7 nitrogen and oxygen atoms in total. The molecule has 180 valence electrons. The number of halogens is 2. The van der Waals surface area contributed by atoms with Gasteiger partial charge in [0.25, 0.3) is 11.8 Å². The third-order valence-electron chi connectivity index (χ3n) is 7.78. The minimum atomic E-state index is -1.70. The summed E-state index contributed by atoms with van der Waals surface area (Å²) in [5.41, 5.74) is -0.421. The summed E-state index contributed by atoms with van der Waals surface area (Å²) in [5, 5.41) is 2.27. The Morgan fingerprint density at radius 2 is 1.80 bits per heavy atom. The van der Waals surface area contributed by atoms with Crippen LogP contribution in [0.1, 0.15) is 57.5 Å². The van der Waals surface area contributed by atoms with Crippen LogP contribution in [-0.2, 0) is 21.8 Å². The maximum atomic E-state index is 15.3. The Morgan fingerprint density at radius 1 is 1.06 bits per heavy atom. The second-order valence-corrected chi connectivity index (χ2v) is 10.2. The van der Waals surface area contributed by atoms with Gasteiger partial charge >= 0.3 is 0 Å².